The SMILES string of the molecule is CCN1C(=O)C(CC(=O)Nc2ccccc2Br)SC1=Nc1cc(C)ccc1C. The largest absolute Gasteiger partial charge is 0.325 e. The minimum Gasteiger partial charge on any atom is -0.325 e. The van der Waals surface area contributed by atoms with Crippen molar-refractivity contribution in [1.29, 1.82) is 0 Å². The van der Waals surface area contributed by atoms with E-state index in [1.54, 1.807) is 4.90 Å². The molecule has 28 heavy (non-hydrogen) atoms. The van der Waals surface area contributed by atoms with E-state index in [-0.39, 0.29) is 18.2 Å². The van der Waals surface area contributed by atoms with Gasteiger partial charge in [0.2, 0.25) is 11.8 Å². The van der Waals surface area contributed by atoms with Gasteiger partial charge in [0.15, 0.2) is 5.17 Å². The summed E-state index contributed by atoms with van der Waals surface area (Å²) in [5.74, 6) is -0.263. The maximum Gasteiger partial charge on any atom is 0.242 e. The van der Waals surface area contributed by atoms with Crippen molar-refractivity contribution in [2.45, 2.75) is 32.4 Å². The van der Waals surface area contributed by atoms with Gasteiger partial charge in [-0.3, -0.25) is 14.5 Å². The molecule has 5 nitrogen and oxygen atoms in total. The van der Waals surface area contributed by atoms with Crippen molar-refractivity contribution in [1.82, 2.24) is 4.90 Å². The molecule has 0 aliphatic carbocycles. The van der Waals surface area contributed by atoms with Gasteiger partial charge in [-0.05, 0) is 66.0 Å². The second kappa shape index (κ2) is 8.92. The number of nitrogens with one attached hydrogen (secondary N) is 1. The lowest BCUT2D eigenvalue weighted by molar-refractivity contribution is -0.128. The van der Waals surface area contributed by atoms with Crippen LogP contribution in [0, 0.1) is 13.8 Å². The number of aliphatic imine (C=N–C) groups is 1. The lowest BCUT2D eigenvalue weighted by Gasteiger charge is -2.14. The zero-order valence-electron chi connectivity index (χ0n) is 16.0. The number of carbonyl (C=O) groups excluding carboxylic acids is 2. The van der Waals surface area contributed by atoms with Crippen LogP contribution in [0.15, 0.2) is 51.9 Å². The first kappa shape index (κ1) is 20.6. The molecule has 7 heteroatoms. The topological polar surface area (TPSA) is 61.8 Å². The Morgan fingerprint density at radius 3 is 2.71 bits per heavy atom. The van der Waals surface area contributed by atoms with Crippen molar-refractivity contribution in [2.24, 2.45) is 4.99 Å². The predicted octanol–water partition coefficient (Wildman–Crippen LogP) is 5.05. The van der Waals surface area contributed by atoms with Crippen LogP contribution >= 0.6 is 27.7 Å². The van der Waals surface area contributed by atoms with Gasteiger partial charge in [-0.2, -0.15) is 0 Å². The third kappa shape index (κ3) is 4.64. The summed E-state index contributed by atoms with van der Waals surface area (Å²) in [5, 5.41) is 3.05. The summed E-state index contributed by atoms with van der Waals surface area (Å²) in [6.07, 6.45) is 0.104. The Morgan fingerprint density at radius 2 is 2.00 bits per heavy atom. The zero-order chi connectivity index (χ0) is 20.3. The molecule has 0 aromatic heterocycles. The Balaban J connectivity index is 1.76. The maximum absolute atomic E-state index is 12.8. The summed E-state index contributed by atoms with van der Waals surface area (Å²) in [6.45, 7) is 6.46. The van der Waals surface area contributed by atoms with Crippen LogP contribution in [0.5, 0.6) is 0 Å². The molecular formula is C21H22BrN3O2S. The fourth-order valence-electron chi connectivity index (χ4n) is 2.89. The highest BCUT2D eigenvalue weighted by atomic mass is 79.9. The van der Waals surface area contributed by atoms with Gasteiger partial charge in [0, 0.05) is 17.4 Å². The molecule has 0 saturated carbocycles. The molecule has 2 aromatic carbocycles. The van der Waals surface area contributed by atoms with Crippen molar-refractivity contribution in [3.63, 3.8) is 0 Å². The number of hydrogen-bond acceptors (Lipinski definition) is 4. The highest BCUT2D eigenvalue weighted by Gasteiger charge is 2.38. The summed E-state index contributed by atoms with van der Waals surface area (Å²) < 4.78 is 0.807. The molecule has 1 atom stereocenters. The number of amidine groups is 1. The zero-order valence-corrected chi connectivity index (χ0v) is 18.4. The quantitative estimate of drug-likeness (QED) is 0.680. The van der Waals surface area contributed by atoms with E-state index >= 15 is 0 Å². The fraction of sp³-hybridized carbons (Fsp3) is 0.286. The monoisotopic (exact) mass is 459 g/mol. The van der Waals surface area contributed by atoms with E-state index in [1.165, 1.54) is 11.8 Å². The van der Waals surface area contributed by atoms with Crippen LogP contribution in [0.1, 0.15) is 24.5 Å². The number of halogens is 1. The summed E-state index contributed by atoms with van der Waals surface area (Å²) in [5.41, 5.74) is 3.72. The number of nitrogens with zero attached hydrogens (tertiary/aromatic N) is 2. The standard InChI is InChI=1S/C21H22BrN3O2S/c1-4-25-20(27)18(12-19(26)23-16-8-6-5-7-15(16)22)28-21(25)24-17-11-13(2)9-10-14(17)3/h5-11,18H,4,12H2,1-3H3,(H,23,26). The van der Waals surface area contributed by atoms with Crippen LogP contribution in [-0.4, -0.2) is 33.7 Å². The van der Waals surface area contributed by atoms with Gasteiger partial charge in [0.25, 0.3) is 0 Å². The molecule has 1 unspecified atom stereocenters. The number of rotatable bonds is 5. The molecule has 0 bridgehead atoms. The lowest BCUT2D eigenvalue weighted by atomic mass is 10.1. The van der Waals surface area contributed by atoms with Crippen LogP contribution in [0.3, 0.4) is 0 Å². The molecule has 2 amide bonds. The maximum atomic E-state index is 12.8. The third-order valence-corrected chi connectivity index (χ3v) is 6.30. The van der Waals surface area contributed by atoms with Crippen molar-refractivity contribution in [3.05, 3.63) is 58.1 Å². The number of amides is 2. The van der Waals surface area contributed by atoms with Crippen molar-refractivity contribution in [3.8, 4) is 0 Å². The van der Waals surface area contributed by atoms with Gasteiger partial charge in [-0.25, -0.2) is 4.99 Å². The molecule has 0 radical (unpaired) electrons. The van der Waals surface area contributed by atoms with E-state index in [2.05, 4.69) is 21.2 Å². The van der Waals surface area contributed by atoms with Crippen LogP contribution in [-0.2, 0) is 9.59 Å². The highest BCUT2D eigenvalue weighted by Crippen LogP contribution is 2.33. The Bertz CT molecular complexity index is 945. The van der Waals surface area contributed by atoms with E-state index in [0.717, 1.165) is 21.3 Å². The van der Waals surface area contributed by atoms with Crippen LogP contribution in [0.25, 0.3) is 0 Å². The van der Waals surface area contributed by atoms with Crippen LogP contribution in [0.4, 0.5) is 11.4 Å². The third-order valence-electron chi connectivity index (χ3n) is 4.44. The minimum atomic E-state index is -0.466. The fourth-order valence-corrected chi connectivity index (χ4v) is 4.49. The van der Waals surface area contributed by atoms with Gasteiger partial charge in [-0.1, -0.05) is 36.0 Å². The highest BCUT2D eigenvalue weighted by molar-refractivity contribution is 9.10. The Hall–Kier alpha value is -2.12. The van der Waals surface area contributed by atoms with Gasteiger partial charge in [0.1, 0.15) is 5.25 Å². The van der Waals surface area contributed by atoms with Crippen molar-refractivity contribution >= 4 is 56.0 Å². The molecule has 146 valence electrons. The Kier molecular flexibility index (Phi) is 6.57. The first-order chi connectivity index (χ1) is 13.4. The molecule has 1 aliphatic rings. The van der Waals surface area contributed by atoms with Gasteiger partial charge in [-0.15, -0.1) is 0 Å². The molecule has 1 saturated heterocycles. The Morgan fingerprint density at radius 1 is 1.25 bits per heavy atom. The average Bonchev–Trinajstić information content (AvgIpc) is 2.94. The number of anilines is 1. The number of benzene rings is 2. The number of thioether (sulfide) groups is 1. The molecule has 3 rings (SSSR count). The van der Waals surface area contributed by atoms with Gasteiger partial charge >= 0.3 is 0 Å². The first-order valence-corrected chi connectivity index (χ1v) is 10.7. The summed E-state index contributed by atoms with van der Waals surface area (Å²) in [7, 11) is 0. The Labute approximate surface area is 177 Å². The van der Waals surface area contributed by atoms with E-state index in [1.807, 2.05) is 63.2 Å². The smallest absolute Gasteiger partial charge is 0.242 e. The van der Waals surface area contributed by atoms with Crippen molar-refractivity contribution in [2.75, 3.05) is 11.9 Å². The lowest BCUT2D eigenvalue weighted by Crippen LogP contribution is -2.33. The van der Waals surface area contributed by atoms with Crippen LogP contribution < -0.4 is 5.32 Å². The molecule has 2 aromatic rings. The van der Waals surface area contributed by atoms with Crippen molar-refractivity contribution < 1.29 is 9.59 Å². The normalized spacial score (nSPS) is 18.0. The van der Waals surface area contributed by atoms with E-state index in [0.29, 0.717) is 17.4 Å². The number of carbonyl (C=O) groups is 2. The van der Waals surface area contributed by atoms with E-state index in [4.69, 9.17) is 4.99 Å². The molecule has 1 aliphatic heterocycles. The van der Waals surface area contributed by atoms with E-state index < -0.39 is 5.25 Å². The van der Waals surface area contributed by atoms with E-state index in [9.17, 15) is 9.59 Å². The summed E-state index contributed by atoms with van der Waals surface area (Å²) >= 11 is 4.77. The summed E-state index contributed by atoms with van der Waals surface area (Å²) in [4.78, 5) is 31.6. The average molecular weight is 460 g/mol. The first-order valence-electron chi connectivity index (χ1n) is 9.07. The van der Waals surface area contributed by atoms with Gasteiger partial charge < -0.3 is 5.32 Å². The summed E-state index contributed by atoms with van der Waals surface area (Å²) in [6, 6.07) is 13.5. The second-order valence-corrected chi connectivity index (χ2v) is 8.63. The second-order valence-electron chi connectivity index (χ2n) is 6.61. The predicted molar refractivity (Wildman–Crippen MR) is 119 cm³/mol. The molecule has 1 N–H and O–H groups in total. The molecular weight excluding hydrogens is 438 g/mol. The molecule has 0 spiro atoms. The van der Waals surface area contributed by atoms with Gasteiger partial charge in [0.05, 0.1) is 11.4 Å². The number of hydrogen-bond donors (Lipinski definition) is 1. The molecule has 1 fully saturated rings. The molecule has 1 heterocycles. The minimum absolute atomic E-state index is 0.0705. The number of para-hydroxylation sites is 1. The number of aryl methyl sites for hydroxylation is 2. The van der Waals surface area contributed by atoms with Crippen LogP contribution in [0.2, 0.25) is 0 Å².